The minimum Gasteiger partial charge on any atom is -0.326 e. The third kappa shape index (κ3) is 3.96. The highest BCUT2D eigenvalue weighted by molar-refractivity contribution is 7.76. The highest BCUT2D eigenvalue weighted by atomic mass is 31.2. The van der Waals surface area contributed by atoms with Crippen molar-refractivity contribution in [3.05, 3.63) is 96.6 Å². The van der Waals surface area contributed by atoms with E-state index in [4.69, 9.17) is 5.73 Å². The second-order valence-electron chi connectivity index (χ2n) is 6.37. The van der Waals surface area contributed by atoms with Crippen molar-refractivity contribution in [3.8, 4) is 0 Å². The Morgan fingerprint density at radius 2 is 1.23 bits per heavy atom. The first kappa shape index (κ1) is 18.6. The first-order chi connectivity index (χ1) is 12.6. The van der Waals surface area contributed by atoms with Crippen molar-refractivity contribution in [2.24, 2.45) is 5.73 Å². The van der Waals surface area contributed by atoms with Crippen molar-refractivity contribution >= 4 is 17.9 Å². The van der Waals surface area contributed by atoms with Crippen LogP contribution in [0.2, 0.25) is 0 Å². The van der Waals surface area contributed by atoms with Gasteiger partial charge in [-0.05, 0) is 36.2 Å². The topological polar surface area (TPSA) is 55.1 Å². The van der Waals surface area contributed by atoms with Gasteiger partial charge < -0.3 is 5.73 Å². The molecule has 0 aromatic heterocycles. The summed E-state index contributed by atoms with van der Waals surface area (Å²) in [5.41, 5.74) is 7.48. The fraction of sp³-hybridized carbons (Fsp3) is 0.182. The predicted molar refractivity (Wildman–Crippen MR) is 110 cm³/mol. The first-order valence-electron chi connectivity index (χ1n) is 8.94. The van der Waals surface area contributed by atoms with Crippen molar-refractivity contribution in [2.45, 2.75) is 25.4 Å². The fourth-order valence-corrected chi connectivity index (χ4v) is 5.60. The smallest absolute Gasteiger partial charge is 0.205 e. The summed E-state index contributed by atoms with van der Waals surface area (Å²) in [6.07, 6.45) is 0.788. The molecular weight excluding hydrogens is 339 g/mol. The number of hydrogen-bond acceptors (Lipinski definition) is 2. The predicted octanol–water partition coefficient (Wildman–Crippen LogP) is 3.98. The van der Waals surface area contributed by atoms with Crippen LogP contribution in [0.5, 0.6) is 0 Å². The second kappa shape index (κ2) is 8.46. The molecule has 3 aromatic carbocycles. The van der Waals surface area contributed by atoms with Gasteiger partial charge in [-0.3, -0.25) is 9.65 Å². The Balaban J connectivity index is 2.08. The summed E-state index contributed by atoms with van der Waals surface area (Å²) < 4.78 is 14.3. The lowest BCUT2D eigenvalue weighted by Crippen LogP contribution is -2.40. The standard InChI is InChI=1S/C22H25N2OP/c1-2-21(23)22(18-12-6-3-7-13-18)24-26(25,19-14-8-4-9-15-19)20-16-10-5-11-17-20/h3-17,21-22H,2,23H2,1H3,(H,24,25)/t21-,22+/m0/s1. The second-order valence-corrected chi connectivity index (χ2v) is 8.88. The van der Waals surface area contributed by atoms with Crippen LogP contribution in [0.15, 0.2) is 91.0 Å². The molecular formula is C22H25N2OP. The van der Waals surface area contributed by atoms with Crippen LogP contribution in [0.1, 0.15) is 24.9 Å². The molecule has 0 bridgehead atoms. The van der Waals surface area contributed by atoms with E-state index in [1.165, 1.54) is 0 Å². The molecule has 0 aliphatic rings. The van der Waals surface area contributed by atoms with Gasteiger partial charge in [0.15, 0.2) is 0 Å². The lowest BCUT2D eigenvalue weighted by molar-refractivity contribution is 0.486. The van der Waals surface area contributed by atoms with Gasteiger partial charge in [0.05, 0.1) is 6.04 Å². The molecule has 26 heavy (non-hydrogen) atoms. The Labute approximate surface area is 155 Å². The van der Waals surface area contributed by atoms with Crippen molar-refractivity contribution in [1.82, 2.24) is 5.09 Å². The Hall–Kier alpha value is -2.19. The molecule has 134 valence electrons. The van der Waals surface area contributed by atoms with Gasteiger partial charge in [-0.1, -0.05) is 73.7 Å². The van der Waals surface area contributed by atoms with Gasteiger partial charge in [-0.2, -0.15) is 0 Å². The normalized spacial score (nSPS) is 13.9. The Kier molecular flexibility index (Phi) is 6.05. The molecule has 4 heteroatoms. The minimum atomic E-state index is -3.04. The van der Waals surface area contributed by atoms with E-state index in [2.05, 4.69) is 12.0 Å². The SMILES string of the molecule is CC[C@H](N)[C@H](NP(=O)(c1ccccc1)c1ccccc1)c1ccccc1. The van der Waals surface area contributed by atoms with Gasteiger partial charge >= 0.3 is 0 Å². The van der Waals surface area contributed by atoms with E-state index in [1.807, 2.05) is 91.0 Å². The number of rotatable bonds is 7. The Morgan fingerprint density at radius 1 is 0.808 bits per heavy atom. The van der Waals surface area contributed by atoms with E-state index < -0.39 is 7.29 Å². The molecule has 0 spiro atoms. The highest BCUT2D eigenvalue weighted by Gasteiger charge is 2.32. The molecule has 3 N–H and O–H groups in total. The minimum absolute atomic E-state index is 0.141. The van der Waals surface area contributed by atoms with Crippen molar-refractivity contribution in [1.29, 1.82) is 0 Å². The molecule has 0 amide bonds. The van der Waals surface area contributed by atoms with Gasteiger partial charge in [0.2, 0.25) is 7.29 Å². The van der Waals surface area contributed by atoms with Crippen molar-refractivity contribution in [2.75, 3.05) is 0 Å². The van der Waals surface area contributed by atoms with Crippen LogP contribution >= 0.6 is 7.29 Å². The van der Waals surface area contributed by atoms with E-state index in [-0.39, 0.29) is 12.1 Å². The molecule has 0 radical (unpaired) electrons. The molecule has 0 unspecified atom stereocenters. The van der Waals surface area contributed by atoms with Gasteiger partial charge in [0.25, 0.3) is 0 Å². The van der Waals surface area contributed by atoms with Crippen molar-refractivity contribution < 1.29 is 4.57 Å². The maximum Gasteiger partial charge on any atom is 0.205 e. The average Bonchev–Trinajstić information content (AvgIpc) is 2.73. The summed E-state index contributed by atoms with van der Waals surface area (Å²) in [4.78, 5) is 0. The summed E-state index contributed by atoms with van der Waals surface area (Å²) in [6, 6.07) is 28.9. The summed E-state index contributed by atoms with van der Waals surface area (Å²) >= 11 is 0. The molecule has 3 rings (SSSR count). The molecule has 0 aliphatic carbocycles. The maximum atomic E-state index is 14.3. The molecule has 0 heterocycles. The number of benzene rings is 3. The monoisotopic (exact) mass is 364 g/mol. The quantitative estimate of drug-likeness (QED) is 0.624. The average molecular weight is 364 g/mol. The van der Waals surface area contributed by atoms with Gasteiger partial charge in [-0.15, -0.1) is 0 Å². The molecule has 0 saturated carbocycles. The van der Waals surface area contributed by atoms with Gasteiger partial charge in [-0.25, -0.2) is 0 Å². The van der Waals surface area contributed by atoms with Crippen LogP contribution in [-0.2, 0) is 4.57 Å². The van der Waals surface area contributed by atoms with Crippen LogP contribution < -0.4 is 21.4 Å². The largest absolute Gasteiger partial charge is 0.326 e. The third-order valence-electron chi connectivity index (χ3n) is 4.62. The summed E-state index contributed by atoms with van der Waals surface area (Å²) in [5, 5.41) is 5.04. The Morgan fingerprint density at radius 3 is 1.65 bits per heavy atom. The summed E-state index contributed by atoms with van der Waals surface area (Å²) in [6.45, 7) is 2.05. The zero-order valence-corrected chi connectivity index (χ0v) is 15.8. The first-order valence-corrected chi connectivity index (χ1v) is 10.7. The zero-order chi connectivity index (χ0) is 18.4. The molecule has 2 atom stereocenters. The van der Waals surface area contributed by atoms with Crippen LogP contribution in [0.3, 0.4) is 0 Å². The molecule has 0 fully saturated rings. The number of nitrogens with two attached hydrogens (primary N) is 1. The van der Waals surface area contributed by atoms with Crippen molar-refractivity contribution in [3.63, 3.8) is 0 Å². The fourth-order valence-electron chi connectivity index (χ4n) is 3.08. The maximum absolute atomic E-state index is 14.3. The van der Waals surface area contributed by atoms with E-state index in [9.17, 15) is 4.57 Å². The third-order valence-corrected chi connectivity index (χ3v) is 7.31. The molecule has 3 aromatic rings. The highest BCUT2D eigenvalue weighted by Crippen LogP contribution is 2.42. The molecule has 0 saturated heterocycles. The number of hydrogen-bond donors (Lipinski definition) is 2. The van der Waals surface area contributed by atoms with E-state index in [0.29, 0.717) is 0 Å². The van der Waals surface area contributed by atoms with Gasteiger partial charge in [0, 0.05) is 16.7 Å². The van der Waals surface area contributed by atoms with E-state index in [1.54, 1.807) is 0 Å². The Bertz CT molecular complexity index is 810. The van der Waals surface area contributed by atoms with Gasteiger partial charge in [0.1, 0.15) is 0 Å². The van der Waals surface area contributed by atoms with E-state index >= 15 is 0 Å². The lowest BCUT2D eigenvalue weighted by Gasteiger charge is -2.30. The number of nitrogens with one attached hydrogen (secondary N) is 1. The van der Waals surface area contributed by atoms with E-state index in [0.717, 1.165) is 22.6 Å². The summed E-state index contributed by atoms with van der Waals surface area (Å²) in [7, 11) is -3.04. The summed E-state index contributed by atoms with van der Waals surface area (Å²) in [5.74, 6) is 0. The molecule has 3 nitrogen and oxygen atoms in total. The van der Waals surface area contributed by atoms with Crippen LogP contribution in [-0.4, -0.2) is 6.04 Å². The zero-order valence-electron chi connectivity index (χ0n) is 15.0. The van der Waals surface area contributed by atoms with Crippen LogP contribution in [0.4, 0.5) is 0 Å². The van der Waals surface area contributed by atoms with Crippen LogP contribution in [0.25, 0.3) is 0 Å². The van der Waals surface area contributed by atoms with Crippen LogP contribution in [0, 0.1) is 0 Å². The molecule has 0 aliphatic heterocycles. The lowest BCUT2D eigenvalue weighted by atomic mass is 9.99.